The molecule has 1 atom stereocenters. The molecule has 0 radical (unpaired) electrons. The molecular formula is C19H22N2O4. The van der Waals surface area contributed by atoms with E-state index in [2.05, 4.69) is 4.98 Å². The predicted molar refractivity (Wildman–Crippen MR) is 90.7 cm³/mol. The molecule has 4 heterocycles. The monoisotopic (exact) mass is 342 g/mol. The van der Waals surface area contributed by atoms with E-state index in [1.807, 2.05) is 30.9 Å². The third-order valence-electron chi connectivity index (χ3n) is 4.90. The van der Waals surface area contributed by atoms with Crippen molar-refractivity contribution < 1.29 is 18.7 Å². The van der Waals surface area contributed by atoms with Gasteiger partial charge in [-0.05, 0) is 32.0 Å². The van der Waals surface area contributed by atoms with Gasteiger partial charge in [-0.1, -0.05) is 0 Å². The molecule has 2 saturated heterocycles. The molecule has 0 unspecified atom stereocenters. The van der Waals surface area contributed by atoms with Gasteiger partial charge in [-0.3, -0.25) is 9.78 Å². The first kappa shape index (κ1) is 16.1. The van der Waals surface area contributed by atoms with Crippen LogP contribution in [0.25, 0.3) is 0 Å². The summed E-state index contributed by atoms with van der Waals surface area (Å²) in [5.41, 5.74) is 0.360. The number of furan rings is 1. The number of carbonyl (C=O) groups excluding carboxylic acids is 1. The zero-order valence-electron chi connectivity index (χ0n) is 14.5. The van der Waals surface area contributed by atoms with Gasteiger partial charge in [0, 0.05) is 19.0 Å². The van der Waals surface area contributed by atoms with Gasteiger partial charge < -0.3 is 18.8 Å². The third kappa shape index (κ3) is 3.14. The van der Waals surface area contributed by atoms with E-state index in [0.717, 1.165) is 24.4 Å². The van der Waals surface area contributed by atoms with Crippen molar-refractivity contribution in [2.45, 2.75) is 38.4 Å². The van der Waals surface area contributed by atoms with Gasteiger partial charge in [-0.2, -0.15) is 0 Å². The lowest BCUT2D eigenvalue weighted by atomic mass is 9.84. The van der Waals surface area contributed by atoms with Crippen LogP contribution in [0, 0.1) is 13.8 Å². The highest BCUT2D eigenvalue weighted by molar-refractivity contribution is 5.96. The maximum absolute atomic E-state index is 12.6. The van der Waals surface area contributed by atoms with Crippen LogP contribution < -0.4 is 4.74 Å². The number of likely N-dealkylation sites (tertiary alicyclic amines) is 1. The lowest BCUT2D eigenvalue weighted by Gasteiger charge is -2.52. The molecule has 0 bridgehead atoms. The Kier molecular flexibility index (Phi) is 4.00. The number of carbonyl (C=O) groups is 1. The maximum Gasteiger partial charge on any atom is 0.257 e. The van der Waals surface area contributed by atoms with Crippen molar-refractivity contribution in [1.29, 1.82) is 0 Å². The molecular weight excluding hydrogens is 320 g/mol. The topological polar surface area (TPSA) is 64.8 Å². The molecule has 0 aromatic carbocycles. The number of hydrogen-bond donors (Lipinski definition) is 0. The fourth-order valence-corrected chi connectivity index (χ4v) is 3.72. The second-order valence-electron chi connectivity index (χ2n) is 6.94. The van der Waals surface area contributed by atoms with E-state index >= 15 is 0 Å². The highest BCUT2D eigenvalue weighted by Gasteiger charge is 2.50. The van der Waals surface area contributed by atoms with Gasteiger partial charge in [0.1, 0.15) is 29.0 Å². The van der Waals surface area contributed by atoms with Crippen molar-refractivity contribution in [2.24, 2.45) is 0 Å². The Morgan fingerprint density at radius 3 is 2.92 bits per heavy atom. The van der Waals surface area contributed by atoms with Crippen molar-refractivity contribution in [1.82, 2.24) is 9.88 Å². The summed E-state index contributed by atoms with van der Waals surface area (Å²) in [6, 6.07) is 5.58. The van der Waals surface area contributed by atoms with Crippen LogP contribution in [0.5, 0.6) is 5.75 Å². The summed E-state index contributed by atoms with van der Waals surface area (Å²) in [4.78, 5) is 18.5. The standard InChI is InChI=1S/C19H22N2O4/c1-13-8-17(14(2)24-13)18(22)21-11-19(12-21)9-15(5-7-23-19)25-16-4-3-6-20-10-16/h3-4,6,8,10,15H,5,7,9,11-12H2,1-2H3/t15-/m1/s1. The average Bonchev–Trinajstić information content (AvgIpc) is 2.91. The summed E-state index contributed by atoms with van der Waals surface area (Å²) in [5, 5.41) is 0. The second-order valence-corrected chi connectivity index (χ2v) is 6.94. The van der Waals surface area contributed by atoms with Gasteiger partial charge in [-0.15, -0.1) is 0 Å². The Bertz CT molecular complexity index is 765. The van der Waals surface area contributed by atoms with E-state index in [0.29, 0.717) is 31.0 Å². The Labute approximate surface area is 146 Å². The van der Waals surface area contributed by atoms with Crippen molar-refractivity contribution in [3.05, 3.63) is 47.7 Å². The Balaban J connectivity index is 1.38. The van der Waals surface area contributed by atoms with E-state index in [-0.39, 0.29) is 17.6 Å². The van der Waals surface area contributed by atoms with Gasteiger partial charge in [0.25, 0.3) is 5.91 Å². The number of amides is 1. The minimum absolute atomic E-state index is 0.0128. The van der Waals surface area contributed by atoms with Crippen LogP contribution in [-0.2, 0) is 4.74 Å². The van der Waals surface area contributed by atoms with Crippen LogP contribution in [0.4, 0.5) is 0 Å². The van der Waals surface area contributed by atoms with Crippen molar-refractivity contribution in [3.63, 3.8) is 0 Å². The fourth-order valence-electron chi connectivity index (χ4n) is 3.72. The summed E-state index contributed by atoms with van der Waals surface area (Å²) in [6.07, 6.45) is 5.18. The summed E-state index contributed by atoms with van der Waals surface area (Å²) >= 11 is 0. The molecule has 0 saturated carbocycles. The Morgan fingerprint density at radius 2 is 2.24 bits per heavy atom. The summed E-state index contributed by atoms with van der Waals surface area (Å²) in [5.74, 6) is 2.22. The quantitative estimate of drug-likeness (QED) is 0.858. The first-order valence-electron chi connectivity index (χ1n) is 8.62. The predicted octanol–water partition coefficient (Wildman–Crippen LogP) is 2.74. The molecule has 4 rings (SSSR count). The maximum atomic E-state index is 12.6. The summed E-state index contributed by atoms with van der Waals surface area (Å²) in [6.45, 7) is 5.53. The minimum atomic E-state index is -0.284. The lowest BCUT2D eigenvalue weighted by molar-refractivity contribution is -0.173. The van der Waals surface area contributed by atoms with Crippen LogP contribution in [-0.4, -0.2) is 47.2 Å². The van der Waals surface area contributed by atoms with Gasteiger partial charge in [-0.25, -0.2) is 0 Å². The molecule has 2 aromatic rings. The summed E-state index contributed by atoms with van der Waals surface area (Å²) < 4.78 is 17.5. The van der Waals surface area contributed by atoms with E-state index in [9.17, 15) is 4.79 Å². The molecule has 0 N–H and O–H groups in total. The number of aromatic nitrogens is 1. The zero-order chi connectivity index (χ0) is 17.4. The highest BCUT2D eigenvalue weighted by atomic mass is 16.5. The largest absolute Gasteiger partial charge is 0.489 e. The van der Waals surface area contributed by atoms with Crippen LogP contribution in [0.15, 0.2) is 35.0 Å². The molecule has 132 valence electrons. The zero-order valence-corrected chi connectivity index (χ0v) is 14.5. The first-order chi connectivity index (χ1) is 12.0. The Hall–Kier alpha value is -2.34. The average molecular weight is 342 g/mol. The number of nitrogens with zero attached hydrogens (tertiary/aromatic N) is 2. The van der Waals surface area contributed by atoms with E-state index < -0.39 is 0 Å². The van der Waals surface area contributed by atoms with Gasteiger partial charge in [0.15, 0.2) is 0 Å². The molecule has 1 amide bonds. The molecule has 2 aliphatic heterocycles. The van der Waals surface area contributed by atoms with Crippen LogP contribution in [0.3, 0.4) is 0 Å². The number of ether oxygens (including phenoxy) is 2. The molecule has 2 aromatic heterocycles. The smallest absolute Gasteiger partial charge is 0.257 e. The van der Waals surface area contributed by atoms with Gasteiger partial charge >= 0.3 is 0 Å². The van der Waals surface area contributed by atoms with Crippen molar-refractivity contribution >= 4 is 5.91 Å². The van der Waals surface area contributed by atoms with E-state index in [1.54, 1.807) is 18.5 Å². The van der Waals surface area contributed by atoms with Gasteiger partial charge in [0.05, 0.1) is 31.5 Å². The van der Waals surface area contributed by atoms with E-state index in [4.69, 9.17) is 13.9 Å². The summed E-state index contributed by atoms with van der Waals surface area (Å²) in [7, 11) is 0. The highest BCUT2D eigenvalue weighted by Crippen LogP contribution is 2.36. The second kappa shape index (κ2) is 6.19. The molecule has 2 fully saturated rings. The molecule has 2 aliphatic rings. The molecule has 1 spiro atoms. The lowest BCUT2D eigenvalue weighted by Crippen LogP contribution is -2.67. The van der Waals surface area contributed by atoms with Crippen molar-refractivity contribution in [2.75, 3.05) is 19.7 Å². The van der Waals surface area contributed by atoms with Gasteiger partial charge in [0.2, 0.25) is 0 Å². The molecule has 0 aliphatic carbocycles. The molecule has 6 heteroatoms. The number of rotatable bonds is 3. The first-order valence-corrected chi connectivity index (χ1v) is 8.62. The van der Waals surface area contributed by atoms with Crippen LogP contribution in [0.2, 0.25) is 0 Å². The number of hydrogen-bond acceptors (Lipinski definition) is 5. The van der Waals surface area contributed by atoms with Crippen LogP contribution in [0.1, 0.15) is 34.7 Å². The SMILES string of the molecule is Cc1cc(C(=O)N2CC3(C[C@H](Oc4cccnc4)CCO3)C2)c(C)o1. The number of aryl methyl sites for hydroxylation is 2. The number of pyridine rings is 1. The minimum Gasteiger partial charge on any atom is -0.489 e. The fraction of sp³-hybridized carbons (Fsp3) is 0.474. The van der Waals surface area contributed by atoms with Crippen molar-refractivity contribution in [3.8, 4) is 5.75 Å². The normalized spacial score (nSPS) is 21.8. The Morgan fingerprint density at radius 1 is 1.40 bits per heavy atom. The van der Waals surface area contributed by atoms with Crippen LogP contribution >= 0.6 is 0 Å². The molecule has 6 nitrogen and oxygen atoms in total. The molecule has 25 heavy (non-hydrogen) atoms. The third-order valence-corrected chi connectivity index (χ3v) is 4.90. The van der Waals surface area contributed by atoms with E-state index in [1.165, 1.54) is 0 Å².